The zero-order valence-corrected chi connectivity index (χ0v) is 14.8. The summed E-state index contributed by atoms with van der Waals surface area (Å²) in [6, 6.07) is 30.3. The fourth-order valence-electron chi connectivity index (χ4n) is 2.89. The second-order valence-corrected chi connectivity index (χ2v) is 6.99. The lowest BCUT2D eigenvalue weighted by Crippen LogP contribution is -2.13. The third kappa shape index (κ3) is 4.50. The summed E-state index contributed by atoms with van der Waals surface area (Å²) in [5, 5.41) is 3.28. The fraction of sp³-hybridized carbons (Fsp3) is 0.182. The van der Waals surface area contributed by atoms with Gasteiger partial charge in [0.15, 0.2) is 0 Å². The second kappa shape index (κ2) is 8.72. The van der Waals surface area contributed by atoms with Crippen molar-refractivity contribution in [3.63, 3.8) is 0 Å². The summed E-state index contributed by atoms with van der Waals surface area (Å²) in [6.45, 7) is 1.01. The van der Waals surface area contributed by atoms with Gasteiger partial charge < -0.3 is 5.32 Å². The Morgan fingerprint density at radius 2 is 1.25 bits per heavy atom. The van der Waals surface area contributed by atoms with E-state index in [4.69, 9.17) is 0 Å². The van der Waals surface area contributed by atoms with E-state index < -0.39 is 0 Å². The van der Waals surface area contributed by atoms with E-state index in [9.17, 15) is 0 Å². The first-order valence-corrected chi connectivity index (χ1v) is 9.21. The molecule has 3 aromatic rings. The third-order valence-corrected chi connectivity index (χ3v) is 5.16. The molecule has 0 heterocycles. The van der Waals surface area contributed by atoms with Crippen LogP contribution in [0.5, 0.6) is 0 Å². The first kappa shape index (κ1) is 16.8. The van der Waals surface area contributed by atoms with Crippen molar-refractivity contribution in [2.45, 2.75) is 22.1 Å². The molecule has 0 spiro atoms. The first-order chi connectivity index (χ1) is 11.9. The van der Waals surface area contributed by atoms with E-state index in [1.54, 1.807) is 0 Å². The summed E-state index contributed by atoms with van der Waals surface area (Å²) in [5.74, 6) is 0.439. The molecule has 1 N–H and O–H groups in total. The Hall–Kier alpha value is -2.03. The van der Waals surface area contributed by atoms with Crippen LogP contribution in [0.4, 0.5) is 0 Å². The SMILES string of the molecule is CNCCC(c1ccccc1)c1ccc(Sc2ccccc2)cc1. The number of hydrogen-bond acceptors (Lipinski definition) is 2. The van der Waals surface area contributed by atoms with Crippen LogP contribution in [-0.2, 0) is 0 Å². The second-order valence-electron chi connectivity index (χ2n) is 5.84. The number of rotatable bonds is 7. The van der Waals surface area contributed by atoms with E-state index in [-0.39, 0.29) is 0 Å². The average Bonchev–Trinajstić information content (AvgIpc) is 2.65. The molecule has 0 aliphatic heterocycles. The molecule has 0 aromatic heterocycles. The Bertz CT molecular complexity index is 723. The van der Waals surface area contributed by atoms with Gasteiger partial charge >= 0.3 is 0 Å². The molecule has 24 heavy (non-hydrogen) atoms. The van der Waals surface area contributed by atoms with E-state index in [0.29, 0.717) is 5.92 Å². The zero-order valence-electron chi connectivity index (χ0n) is 14.0. The van der Waals surface area contributed by atoms with E-state index in [0.717, 1.165) is 13.0 Å². The molecule has 0 radical (unpaired) electrons. The highest BCUT2D eigenvalue weighted by Gasteiger charge is 2.13. The maximum absolute atomic E-state index is 3.28. The standard InChI is InChI=1S/C22H23NS/c1-23-17-16-22(18-8-4-2-5-9-18)19-12-14-21(15-13-19)24-20-10-6-3-7-11-20/h2-15,22-23H,16-17H2,1H3. The molecule has 0 saturated carbocycles. The summed E-state index contributed by atoms with van der Waals surface area (Å²) < 4.78 is 0. The van der Waals surface area contributed by atoms with Gasteiger partial charge in [0.2, 0.25) is 0 Å². The number of nitrogens with one attached hydrogen (secondary N) is 1. The molecule has 0 fully saturated rings. The summed E-state index contributed by atoms with van der Waals surface area (Å²) in [4.78, 5) is 2.56. The van der Waals surface area contributed by atoms with Gasteiger partial charge in [0.1, 0.15) is 0 Å². The van der Waals surface area contributed by atoms with Crippen LogP contribution in [0, 0.1) is 0 Å². The summed E-state index contributed by atoms with van der Waals surface area (Å²) in [6.07, 6.45) is 1.10. The van der Waals surface area contributed by atoms with Gasteiger partial charge in [-0.05, 0) is 55.4 Å². The number of benzene rings is 3. The highest BCUT2D eigenvalue weighted by Crippen LogP contribution is 2.31. The van der Waals surface area contributed by atoms with Crippen LogP contribution in [0.15, 0.2) is 94.7 Å². The van der Waals surface area contributed by atoms with Crippen molar-refractivity contribution in [2.75, 3.05) is 13.6 Å². The molecule has 1 atom stereocenters. The van der Waals surface area contributed by atoms with Crippen molar-refractivity contribution in [3.8, 4) is 0 Å². The van der Waals surface area contributed by atoms with Crippen LogP contribution in [0.3, 0.4) is 0 Å². The van der Waals surface area contributed by atoms with Crippen LogP contribution >= 0.6 is 11.8 Å². The van der Waals surface area contributed by atoms with Crippen molar-refractivity contribution in [2.24, 2.45) is 0 Å². The van der Waals surface area contributed by atoms with Crippen LogP contribution in [0.1, 0.15) is 23.5 Å². The molecular formula is C22H23NS. The van der Waals surface area contributed by atoms with Gasteiger partial charge in [0.25, 0.3) is 0 Å². The Kier molecular flexibility index (Phi) is 6.11. The molecule has 122 valence electrons. The molecule has 0 saturated heterocycles. The summed E-state index contributed by atoms with van der Waals surface area (Å²) in [7, 11) is 2.02. The third-order valence-electron chi connectivity index (χ3n) is 4.15. The molecular weight excluding hydrogens is 310 g/mol. The van der Waals surface area contributed by atoms with E-state index in [2.05, 4.69) is 90.2 Å². The molecule has 1 nitrogen and oxygen atoms in total. The van der Waals surface area contributed by atoms with E-state index >= 15 is 0 Å². The van der Waals surface area contributed by atoms with E-state index in [1.165, 1.54) is 20.9 Å². The van der Waals surface area contributed by atoms with Crippen molar-refractivity contribution < 1.29 is 0 Å². The summed E-state index contributed by atoms with van der Waals surface area (Å²) >= 11 is 1.81. The van der Waals surface area contributed by atoms with E-state index in [1.807, 2.05) is 18.8 Å². The van der Waals surface area contributed by atoms with Crippen LogP contribution in [-0.4, -0.2) is 13.6 Å². The minimum absolute atomic E-state index is 0.439. The molecule has 1 unspecified atom stereocenters. The molecule has 0 aliphatic carbocycles. The van der Waals surface area contributed by atoms with Crippen molar-refractivity contribution in [1.82, 2.24) is 5.32 Å². The van der Waals surface area contributed by atoms with Gasteiger partial charge in [0, 0.05) is 15.7 Å². The highest BCUT2D eigenvalue weighted by atomic mass is 32.2. The van der Waals surface area contributed by atoms with Crippen molar-refractivity contribution in [3.05, 3.63) is 96.1 Å². The van der Waals surface area contributed by atoms with Gasteiger partial charge in [0.05, 0.1) is 0 Å². The largest absolute Gasteiger partial charge is 0.320 e. The van der Waals surface area contributed by atoms with Crippen LogP contribution in [0.25, 0.3) is 0 Å². The lowest BCUT2D eigenvalue weighted by atomic mass is 9.88. The molecule has 0 aliphatic rings. The van der Waals surface area contributed by atoms with Gasteiger partial charge in [-0.15, -0.1) is 0 Å². The first-order valence-electron chi connectivity index (χ1n) is 8.39. The quantitative estimate of drug-likeness (QED) is 0.606. The van der Waals surface area contributed by atoms with Gasteiger partial charge in [-0.3, -0.25) is 0 Å². The summed E-state index contributed by atoms with van der Waals surface area (Å²) in [5.41, 5.74) is 2.77. The zero-order chi connectivity index (χ0) is 16.6. The molecule has 3 aromatic carbocycles. The molecule has 3 rings (SSSR count). The lowest BCUT2D eigenvalue weighted by Gasteiger charge is -2.18. The topological polar surface area (TPSA) is 12.0 Å². The Labute approximate surface area is 149 Å². The molecule has 0 bridgehead atoms. The molecule has 2 heteroatoms. The molecule has 0 amide bonds. The maximum Gasteiger partial charge on any atom is 0.0122 e. The average molecular weight is 334 g/mol. The minimum Gasteiger partial charge on any atom is -0.320 e. The maximum atomic E-state index is 3.28. The highest BCUT2D eigenvalue weighted by molar-refractivity contribution is 7.99. The predicted molar refractivity (Wildman–Crippen MR) is 104 cm³/mol. The van der Waals surface area contributed by atoms with Crippen molar-refractivity contribution in [1.29, 1.82) is 0 Å². The lowest BCUT2D eigenvalue weighted by molar-refractivity contribution is 0.661. The number of hydrogen-bond donors (Lipinski definition) is 1. The Balaban J connectivity index is 1.78. The normalized spacial score (nSPS) is 12.0. The van der Waals surface area contributed by atoms with Crippen LogP contribution in [0.2, 0.25) is 0 Å². The fourth-order valence-corrected chi connectivity index (χ4v) is 3.73. The van der Waals surface area contributed by atoms with Gasteiger partial charge in [-0.25, -0.2) is 0 Å². The van der Waals surface area contributed by atoms with Crippen molar-refractivity contribution >= 4 is 11.8 Å². The Morgan fingerprint density at radius 3 is 1.88 bits per heavy atom. The minimum atomic E-state index is 0.439. The smallest absolute Gasteiger partial charge is 0.0122 e. The van der Waals surface area contributed by atoms with Crippen LogP contribution < -0.4 is 5.32 Å². The predicted octanol–water partition coefficient (Wildman–Crippen LogP) is 5.58. The Morgan fingerprint density at radius 1 is 0.708 bits per heavy atom. The van der Waals surface area contributed by atoms with Gasteiger partial charge in [-0.1, -0.05) is 72.4 Å². The monoisotopic (exact) mass is 333 g/mol. The van der Waals surface area contributed by atoms with Gasteiger partial charge in [-0.2, -0.15) is 0 Å².